The molecule has 0 amide bonds. The molecule has 7 heteroatoms. The van der Waals surface area contributed by atoms with E-state index in [-0.39, 0.29) is 11.8 Å². The van der Waals surface area contributed by atoms with Crippen LogP contribution >= 0.6 is 11.8 Å². The Morgan fingerprint density at radius 3 is 2.59 bits per heavy atom. The van der Waals surface area contributed by atoms with Crippen molar-refractivity contribution in [2.45, 2.75) is 32.0 Å². The van der Waals surface area contributed by atoms with E-state index in [4.69, 9.17) is 9.47 Å². The number of aryl methyl sites for hydroxylation is 1. The van der Waals surface area contributed by atoms with E-state index in [1.807, 2.05) is 54.9 Å². The zero-order valence-electron chi connectivity index (χ0n) is 17.5. The van der Waals surface area contributed by atoms with Gasteiger partial charge in [0, 0.05) is 42.1 Å². The van der Waals surface area contributed by atoms with E-state index < -0.39 is 0 Å². The van der Waals surface area contributed by atoms with Crippen molar-refractivity contribution in [3.63, 3.8) is 0 Å². The van der Waals surface area contributed by atoms with Crippen molar-refractivity contribution in [2.24, 2.45) is 0 Å². The van der Waals surface area contributed by atoms with Gasteiger partial charge in [-0.2, -0.15) is 0 Å². The molecule has 0 aliphatic rings. The average molecular weight is 414 g/mol. The molecule has 0 aliphatic heterocycles. The standard InChI is InChI=1S/C22H27N3O3S/c1-15-12-20(17(3)25(15)16(2)13-27-4)21(26)14-29-22-23-10-11-24(22)18-6-8-19(28-5)9-7-18/h6-12,16H,13-14H2,1-5H3. The van der Waals surface area contributed by atoms with Crippen LogP contribution in [0.25, 0.3) is 5.69 Å². The molecular formula is C22H27N3O3S. The van der Waals surface area contributed by atoms with Gasteiger partial charge in [0.15, 0.2) is 10.9 Å². The Balaban J connectivity index is 1.74. The number of imidazole rings is 1. The number of thioether (sulfide) groups is 1. The molecule has 0 saturated heterocycles. The Kier molecular flexibility index (Phi) is 6.82. The highest BCUT2D eigenvalue weighted by Crippen LogP contribution is 2.26. The maximum Gasteiger partial charge on any atom is 0.175 e. The molecule has 0 saturated carbocycles. The van der Waals surface area contributed by atoms with E-state index in [2.05, 4.69) is 16.5 Å². The largest absolute Gasteiger partial charge is 0.497 e. The maximum atomic E-state index is 12.9. The molecule has 0 aliphatic carbocycles. The van der Waals surface area contributed by atoms with Crippen LogP contribution in [0.4, 0.5) is 0 Å². The molecule has 0 radical (unpaired) electrons. The molecule has 2 aromatic heterocycles. The van der Waals surface area contributed by atoms with Crippen LogP contribution in [0.3, 0.4) is 0 Å². The Morgan fingerprint density at radius 2 is 1.93 bits per heavy atom. The Labute approximate surface area is 175 Å². The molecule has 6 nitrogen and oxygen atoms in total. The van der Waals surface area contributed by atoms with Gasteiger partial charge in [0.1, 0.15) is 5.75 Å². The fraction of sp³-hybridized carbons (Fsp3) is 0.364. The van der Waals surface area contributed by atoms with Crippen LogP contribution in [0.5, 0.6) is 5.75 Å². The second-order valence-corrected chi connectivity index (χ2v) is 7.89. The minimum Gasteiger partial charge on any atom is -0.497 e. The van der Waals surface area contributed by atoms with Crippen molar-refractivity contribution >= 4 is 17.5 Å². The number of ether oxygens (including phenoxy) is 2. The van der Waals surface area contributed by atoms with E-state index in [1.165, 1.54) is 11.8 Å². The lowest BCUT2D eigenvalue weighted by atomic mass is 10.2. The number of carbonyl (C=O) groups is 1. The Hall–Kier alpha value is -2.51. The summed E-state index contributed by atoms with van der Waals surface area (Å²) in [5.41, 5.74) is 3.79. The summed E-state index contributed by atoms with van der Waals surface area (Å²) in [5, 5.41) is 0.782. The Morgan fingerprint density at radius 1 is 1.21 bits per heavy atom. The number of hydrogen-bond acceptors (Lipinski definition) is 5. The van der Waals surface area contributed by atoms with Crippen molar-refractivity contribution in [3.05, 3.63) is 59.7 Å². The summed E-state index contributed by atoms with van der Waals surface area (Å²) < 4.78 is 14.6. The van der Waals surface area contributed by atoms with E-state index in [9.17, 15) is 4.79 Å². The van der Waals surface area contributed by atoms with Gasteiger partial charge in [-0.25, -0.2) is 4.98 Å². The van der Waals surface area contributed by atoms with Crippen molar-refractivity contribution in [1.82, 2.24) is 14.1 Å². The second kappa shape index (κ2) is 9.33. The third kappa shape index (κ3) is 4.57. The number of methoxy groups -OCH3 is 2. The van der Waals surface area contributed by atoms with Crippen LogP contribution in [0.15, 0.2) is 47.9 Å². The SMILES string of the molecule is COCC(C)n1c(C)cc(C(=O)CSc2nccn2-c2ccc(OC)cc2)c1C. The first-order valence-corrected chi connectivity index (χ1v) is 10.5. The lowest BCUT2D eigenvalue weighted by Gasteiger charge is -2.17. The number of carbonyl (C=O) groups excluding carboxylic acids is 1. The van der Waals surface area contributed by atoms with Crippen molar-refractivity contribution in [1.29, 1.82) is 0 Å². The maximum absolute atomic E-state index is 12.9. The first-order chi connectivity index (χ1) is 14.0. The molecule has 1 unspecified atom stereocenters. The van der Waals surface area contributed by atoms with Crippen molar-refractivity contribution < 1.29 is 14.3 Å². The van der Waals surface area contributed by atoms with Gasteiger partial charge in [0.2, 0.25) is 0 Å². The lowest BCUT2D eigenvalue weighted by molar-refractivity contribution is 0.102. The fourth-order valence-electron chi connectivity index (χ4n) is 3.60. The minimum absolute atomic E-state index is 0.100. The van der Waals surface area contributed by atoms with Crippen LogP contribution in [-0.4, -0.2) is 46.5 Å². The quantitative estimate of drug-likeness (QED) is 0.382. The number of nitrogens with zero attached hydrogens (tertiary/aromatic N) is 3. The second-order valence-electron chi connectivity index (χ2n) is 6.95. The average Bonchev–Trinajstić information content (AvgIpc) is 3.30. The summed E-state index contributed by atoms with van der Waals surface area (Å²) >= 11 is 1.44. The summed E-state index contributed by atoms with van der Waals surface area (Å²) in [5.74, 6) is 1.23. The third-order valence-corrected chi connectivity index (χ3v) is 5.89. The monoisotopic (exact) mass is 413 g/mol. The predicted molar refractivity (Wildman–Crippen MR) is 116 cm³/mol. The molecular weight excluding hydrogens is 386 g/mol. The molecule has 1 aromatic carbocycles. The first-order valence-electron chi connectivity index (χ1n) is 9.47. The highest BCUT2D eigenvalue weighted by Gasteiger charge is 2.19. The first kappa shape index (κ1) is 21.2. The number of ketones is 1. The van der Waals surface area contributed by atoms with E-state index in [0.29, 0.717) is 12.4 Å². The van der Waals surface area contributed by atoms with Gasteiger partial charge in [-0.3, -0.25) is 9.36 Å². The van der Waals surface area contributed by atoms with E-state index in [1.54, 1.807) is 20.4 Å². The molecule has 3 rings (SSSR count). The minimum atomic E-state index is 0.100. The van der Waals surface area contributed by atoms with Gasteiger partial charge < -0.3 is 14.0 Å². The summed E-state index contributed by atoms with van der Waals surface area (Å²) in [6.07, 6.45) is 3.64. The van der Waals surface area contributed by atoms with Gasteiger partial charge in [-0.05, 0) is 51.1 Å². The highest BCUT2D eigenvalue weighted by atomic mass is 32.2. The van der Waals surface area contributed by atoms with Gasteiger partial charge in [-0.15, -0.1) is 0 Å². The molecule has 3 aromatic rings. The molecule has 0 bridgehead atoms. The van der Waals surface area contributed by atoms with Crippen LogP contribution in [0.2, 0.25) is 0 Å². The number of benzene rings is 1. The predicted octanol–water partition coefficient (Wildman–Crippen LogP) is 4.48. The van der Waals surface area contributed by atoms with E-state index in [0.717, 1.165) is 33.5 Å². The Bertz CT molecular complexity index is 976. The van der Waals surface area contributed by atoms with Crippen molar-refractivity contribution in [2.75, 3.05) is 26.6 Å². The van der Waals surface area contributed by atoms with Crippen LogP contribution in [-0.2, 0) is 4.74 Å². The zero-order valence-corrected chi connectivity index (χ0v) is 18.3. The molecule has 0 N–H and O–H groups in total. The molecule has 1 atom stereocenters. The molecule has 154 valence electrons. The zero-order chi connectivity index (χ0) is 21.0. The molecule has 0 spiro atoms. The number of aromatic nitrogens is 3. The van der Waals surface area contributed by atoms with Gasteiger partial charge in [-0.1, -0.05) is 11.8 Å². The van der Waals surface area contributed by atoms with Crippen LogP contribution < -0.4 is 4.74 Å². The van der Waals surface area contributed by atoms with Crippen molar-refractivity contribution in [3.8, 4) is 11.4 Å². The normalized spacial score (nSPS) is 12.2. The number of rotatable bonds is 9. The summed E-state index contributed by atoms with van der Waals surface area (Å²) in [7, 11) is 3.34. The van der Waals surface area contributed by atoms with Gasteiger partial charge >= 0.3 is 0 Å². The topological polar surface area (TPSA) is 58.3 Å². The smallest absolute Gasteiger partial charge is 0.175 e. The van der Waals surface area contributed by atoms with Crippen LogP contribution in [0, 0.1) is 13.8 Å². The van der Waals surface area contributed by atoms with Gasteiger partial charge in [0.25, 0.3) is 0 Å². The highest BCUT2D eigenvalue weighted by molar-refractivity contribution is 7.99. The number of hydrogen-bond donors (Lipinski definition) is 0. The van der Waals surface area contributed by atoms with Gasteiger partial charge in [0.05, 0.1) is 25.5 Å². The molecule has 29 heavy (non-hydrogen) atoms. The summed E-state index contributed by atoms with van der Waals surface area (Å²) in [4.78, 5) is 17.3. The lowest BCUT2D eigenvalue weighted by Crippen LogP contribution is -2.14. The number of Topliss-reactive ketones (excluding diaryl/α,β-unsaturated/α-hetero) is 1. The summed E-state index contributed by atoms with van der Waals surface area (Å²) in [6, 6.07) is 9.91. The fourth-order valence-corrected chi connectivity index (χ4v) is 4.45. The van der Waals surface area contributed by atoms with Crippen LogP contribution in [0.1, 0.15) is 34.7 Å². The van der Waals surface area contributed by atoms with E-state index >= 15 is 0 Å². The summed E-state index contributed by atoms with van der Waals surface area (Å²) in [6.45, 7) is 6.73. The third-order valence-electron chi connectivity index (χ3n) is 4.92. The molecule has 0 fully saturated rings. The molecule has 2 heterocycles.